The summed E-state index contributed by atoms with van der Waals surface area (Å²) in [4.78, 5) is 28.2. The largest absolute Gasteiger partial charge is 0.351 e. The highest BCUT2D eigenvalue weighted by Crippen LogP contribution is 2.34. The minimum atomic E-state index is -0.894. The van der Waals surface area contributed by atoms with Crippen molar-refractivity contribution in [3.05, 3.63) is 63.6 Å². The van der Waals surface area contributed by atoms with Crippen LogP contribution in [-0.2, 0) is 9.59 Å². The van der Waals surface area contributed by atoms with Crippen molar-refractivity contribution in [1.82, 2.24) is 5.32 Å². The van der Waals surface area contributed by atoms with Gasteiger partial charge < -0.3 is 5.32 Å². The van der Waals surface area contributed by atoms with E-state index < -0.39 is 6.04 Å². The van der Waals surface area contributed by atoms with Crippen molar-refractivity contribution in [3.8, 4) is 0 Å². The van der Waals surface area contributed by atoms with Crippen molar-refractivity contribution in [2.24, 2.45) is 5.92 Å². The highest BCUT2D eigenvalue weighted by molar-refractivity contribution is 6.32. The van der Waals surface area contributed by atoms with Crippen LogP contribution in [0.5, 0.6) is 0 Å². The lowest BCUT2D eigenvalue weighted by Gasteiger charge is -2.35. The number of rotatable bonds is 6. The molecule has 0 heterocycles. The molecule has 2 amide bonds. The Hall–Kier alpha value is -1.75. The molecule has 1 saturated carbocycles. The van der Waals surface area contributed by atoms with Crippen LogP contribution < -0.4 is 10.2 Å². The van der Waals surface area contributed by atoms with E-state index in [0.29, 0.717) is 27.2 Å². The summed E-state index contributed by atoms with van der Waals surface area (Å²) in [6.07, 6.45) is 4.26. The Bertz CT molecular complexity index is 933. The van der Waals surface area contributed by atoms with Crippen LogP contribution >= 0.6 is 34.8 Å². The van der Waals surface area contributed by atoms with Crippen LogP contribution in [0, 0.1) is 12.8 Å². The average Bonchev–Trinajstić information content (AvgIpc) is 2.76. The number of carbonyl (C=O) groups excluding carboxylic acids is 2. The Labute approximate surface area is 198 Å². The molecule has 0 aromatic heterocycles. The zero-order valence-electron chi connectivity index (χ0n) is 17.7. The van der Waals surface area contributed by atoms with Crippen molar-refractivity contribution in [2.75, 3.05) is 10.8 Å². The molecule has 166 valence electrons. The summed E-state index contributed by atoms with van der Waals surface area (Å²) in [5.41, 5.74) is 2.04. The number of aryl methyl sites for hydroxylation is 1. The lowest BCUT2D eigenvalue weighted by Crippen LogP contribution is -2.49. The Kier molecular flexibility index (Phi) is 8.26. The second kappa shape index (κ2) is 10.7. The first-order valence-corrected chi connectivity index (χ1v) is 11.8. The summed E-state index contributed by atoms with van der Waals surface area (Å²) < 4.78 is 0. The molecule has 3 rings (SSSR count). The molecule has 0 bridgehead atoms. The topological polar surface area (TPSA) is 49.4 Å². The van der Waals surface area contributed by atoms with E-state index in [0.717, 1.165) is 24.8 Å². The number of hydrogen-bond donors (Lipinski definition) is 1. The Balaban J connectivity index is 2.07. The zero-order chi connectivity index (χ0) is 22.5. The molecule has 31 heavy (non-hydrogen) atoms. The number of carbonyl (C=O) groups is 2. The normalized spacial score (nSPS) is 19.5. The van der Waals surface area contributed by atoms with E-state index in [1.165, 1.54) is 11.3 Å². The number of hydrogen-bond acceptors (Lipinski definition) is 2. The first-order chi connectivity index (χ1) is 14.8. The van der Waals surface area contributed by atoms with Gasteiger partial charge in [-0.2, -0.15) is 0 Å². The standard InChI is InChI=1S/C24H27Cl3N2O2/c1-15-5-3-4-6-20(15)28-24(31)23(17-8-11-18(26)12-9-17)29(22(30)14-25)21-13-19(27)10-7-16(21)2/h7-13,15,20,23H,3-6,14H2,1-2H3,(H,28,31)/t15-,20-,23-/m0/s1. The highest BCUT2D eigenvalue weighted by atomic mass is 35.5. The predicted octanol–water partition coefficient (Wildman–Crippen LogP) is 6.31. The monoisotopic (exact) mass is 480 g/mol. The van der Waals surface area contributed by atoms with Crippen LogP contribution in [-0.4, -0.2) is 23.7 Å². The fourth-order valence-electron chi connectivity index (χ4n) is 4.18. The van der Waals surface area contributed by atoms with Gasteiger partial charge in [0.2, 0.25) is 11.8 Å². The summed E-state index contributed by atoms with van der Waals surface area (Å²) in [5, 5.41) is 4.23. The number of alkyl halides is 1. The van der Waals surface area contributed by atoms with Crippen LogP contribution in [0.2, 0.25) is 10.0 Å². The van der Waals surface area contributed by atoms with Crippen molar-refractivity contribution >= 4 is 52.3 Å². The summed E-state index contributed by atoms with van der Waals surface area (Å²) in [7, 11) is 0. The molecule has 1 aliphatic rings. The lowest BCUT2D eigenvalue weighted by atomic mass is 9.85. The Morgan fingerprint density at radius 2 is 1.71 bits per heavy atom. The summed E-state index contributed by atoms with van der Waals surface area (Å²) in [6, 6.07) is 11.4. The van der Waals surface area contributed by atoms with Crippen LogP contribution in [0.3, 0.4) is 0 Å². The number of nitrogens with zero attached hydrogens (tertiary/aromatic N) is 1. The van der Waals surface area contributed by atoms with E-state index in [9.17, 15) is 9.59 Å². The van der Waals surface area contributed by atoms with E-state index in [1.807, 2.05) is 13.0 Å². The molecule has 2 aromatic carbocycles. The summed E-state index contributed by atoms with van der Waals surface area (Å²) in [6.45, 7) is 4.03. The number of amides is 2. The molecule has 3 atom stereocenters. The number of nitrogens with one attached hydrogen (secondary N) is 1. The smallest absolute Gasteiger partial charge is 0.248 e. The van der Waals surface area contributed by atoms with Gasteiger partial charge in [-0.25, -0.2) is 0 Å². The van der Waals surface area contributed by atoms with Gasteiger partial charge in [0, 0.05) is 21.8 Å². The molecule has 0 saturated heterocycles. The molecule has 1 aliphatic carbocycles. The van der Waals surface area contributed by atoms with E-state index in [-0.39, 0.29) is 23.7 Å². The maximum absolute atomic E-state index is 13.7. The summed E-state index contributed by atoms with van der Waals surface area (Å²) >= 11 is 18.3. The third-order valence-corrected chi connectivity index (χ3v) is 6.66. The lowest BCUT2D eigenvalue weighted by molar-refractivity contribution is -0.126. The van der Waals surface area contributed by atoms with Crippen LogP contribution in [0.4, 0.5) is 5.69 Å². The Morgan fingerprint density at radius 1 is 1.06 bits per heavy atom. The fourth-order valence-corrected chi connectivity index (χ4v) is 4.60. The molecule has 2 aromatic rings. The molecule has 1 N–H and O–H groups in total. The first-order valence-electron chi connectivity index (χ1n) is 10.5. The molecule has 7 heteroatoms. The maximum atomic E-state index is 13.7. The number of halogens is 3. The van der Waals surface area contributed by atoms with E-state index in [4.69, 9.17) is 34.8 Å². The van der Waals surface area contributed by atoms with Gasteiger partial charge in [-0.15, -0.1) is 11.6 Å². The van der Waals surface area contributed by atoms with Crippen molar-refractivity contribution in [1.29, 1.82) is 0 Å². The maximum Gasteiger partial charge on any atom is 0.248 e. The van der Waals surface area contributed by atoms with E-state index >= 15 is 0 Å². The first kappa shape index (κ1) is 23.9. The fraction of sp³-hybridized carbons (Fsp3) is 0.417. The van der Waals surface area contributed by atoms with Crippen molar-refractivity contribution in [3.63, 3.8) is 0 Å². The van der Waals surface area contributed by atoms with Gasteiger partial charge >= 0.3 is 0 Å². The van der Waals surface area contributed by atoms with Gasteiger partial charge in [-0.3, -0.25) is 14.5 Å². The third-order valence-electron chi connectivity index (χ3n) is 5.95. The second-order valence-electron chi connectivity index (χ2n) is 8.16. The minimum absolute atomic E-state index is 0.0736. The molecule has 4 nitrogen and oxygen atoms in total. The van der Waals surface area contributed by atoms with Crippen molar-refractivity contribution in [2.45, 2.75) is 51.6 Å². The predicted molar refractivity (Wildman–Crippen MR) is 128 cm³/mol. The molecular formula is C24H27Cl3N2O2. The zero-order valence-corrected chi connectivity index (χ0v) is 20.0. The van der Waals surface area contributed by atoms with Crippen LogP contribution in [0.1, 0.15) is 49.8 Å². The second-order valence-corrected chi connectivity index (χ2v) is 9.30. The molecule has 0 unspecified atom stereocenters. The van der Waals surface area contributed by atoms with Gasteiger partial charge in [0.25, 0.3) is 0 Å². The van der Waals surface area contributed by atoms with Gasteiger partial charge in [-0.1, -0.05) is 61.2 Å². The van der Waals surface area contributed by atoms with Gasteiger partial charge in [0.1, 0.15) is 11.9 Å². The molecule has 0 spiro atoms. The molecule has 1 fully saturated rings. The number of benzene rings is 2. The Morgan fingerprint density at radius 3 is 2.35 bits per heavy atom. The highest BCUT2D eigenvalue weighted by Gasteiger charge is 2.35. The molecule has 0 aliphatic heterocycles. The molecular weight excluding hydrogens is 455 g/mol. The minimum Gasteiger partial charge on any atom is -0.351 e. The van der Waals surface area contributed by atoms with E-state index in [2.05, 4.69) is 12.2 Å². The van der Waals surface area contributed by atoms with E-state index in [1.54, 1.807) is 36.4 Å². The van der Waals surface area contributed by atoms with Gasteiger partial charge in [0.15, 0.2) is 0 Å². The average molecular weight is 482 g/mol. The van der Waals surface area contributed by atoms with Gasteiger partial charge in [-0.05, 0) is 61.1 Å². The third kappa shape index (κ3) is 5.74. The SMILES string of the molecule is Cc1ccc(Cl)cc1N(C(=O)CCl)[C@H](C(=O)N[C@H]1CCCC[C@@H]1C)c1ccc(Cl)cc1. The summed E-state index contributed by atoms with van der Waals surface area (Å²) in [5.74, 6) is -0.491. The quantitative estimate of drug-likeness (QED) is 0.491. The van der Waals surface area contributed by atoms with Crippen LogP contribution in [0.25, 0.3) is 0 Å². The van der Waals surface area contributed by atoms with Gasteiger partial charge in [0.05, 0.1) is 0 Å². The van der Waals surface area contributed by atoms with Crippen molar-refractivity contribution < 1.29 is 9.59 Å². The number of anilines is 1. The van der Waals surface area contributed by atoms with Crippen LogP contribution in [0.15, 0.2) is 42.5 Å². The molecule has 0 radical (unpaired) electrons.